The van der Waals surface area contributed by atoms with Gasteiger partial charge in [0.2, 0.25) is 0 Å². The SMILES string of the molecule is C=C/C=C(OCCCCCCCC)\C(=C/C)C(=O)Nc1ccc(SNCC[N+](C)(CC)CC)cc1.CO. The van der Waals surface area contributed by atoms with Crippen LogP contribution in [0.3, 0.4) is 0 Å². The second-order valence-corrected chi connectivity index (χ2v) is 10.00. The van der Waals surface area contributed by atoms with Gasteiger partial charge < -0.3 is 19.6 Å². The van der Waals surface area contributed by atoms with Crippen LogP contribution in [0.15, 0.2) is 65.3 Å². The highest BCUT2D eigenvalue weighted by Gasteiger charge is 2.16. The van der Waals surface area contributed by atoms with E-state index in [2.05, 4.69) is 44.4 Å². The largest absolute Gasteiger partial charge is 0.493 e. The van der Waals surface area contributed by atoms with Crippen molar-refractivity contribution in [1.29, 1.82) is 0 Å². The number of carbonyl (C=O) groups is 1. The molecular formula is C30H52N3O3S+. The molecule has 210 valence electrons. The van der Waals surface area contributed by atoms with Crippen LogP contribution < -0.4 is 10.0 Å². The number of likely N-dealkylation sites (N-methyl/N-ethyl adjacent to an activating group) is 1. The minimum atomic E-state index is -0.182. The number of carbonyl (C=O) groups excluding carboxylic acids is 1. The quantitative estimate of drug-likeness (QED) is 0.0459. The summed E-state index contributed by atoms with van der Waals surface area (Å²) in [7, 11) is 3.29. The van der Waals surface area contributed by atoms with Gasteiger partial charge in [-0.15, -0.1) is 0 Å². The van der Waals surface area contributed by atoms with E-state index in [1.54, 1.807) is 30.2 Å². The molecule has 0 aliphatic carbocycles. The Hall–Kier alpha value is -2.06. The third-order valence-electron chi connectivity index (χ3n) is 6.41. The number of hydrogen-bond acceptors (Lipinski definition) is 5. The van der Waals surface area contributed by atoms with Crippen molar-refractivity contribution in [1.82, 2.24) is 4.72 Å². The molecular weight excluding hydrogens is 482 g/mol. The number of unbranched alkanes of at least 4 members (excludes halogenated alkanes) is 5. The first-order valence-electron chi connectivity index (χ1n) is 13.6. The van der Waals surface area contributed by atoms with Crippen LogP contribution in [-0.2, 0) is 9.53 Å². The van der Waals surface area contributed by atoms with Gasteiger partial charge in [-0.3, -0.25) is 9.52 Å². The lowest BCUT2D eigenvalue weighted by Crippen LogP contribution is -2.46. The molecule has 0 bridgehead atoms. The number of ether oxygens (including phenoxy) is 1. The Kier molecular flexibility index (Phi) is 20.7. The van der Waals surface area contributed by atoms with E-state index >= 15 is 0 Å². The van der Waals surface area contributed by atoms with Gasteiger partial charge in [-0.25, -0.2) is 0 Å². The van der Waals surface area contributed by atoms with Gasteiger partial charge in [0, 0.05) is 17.7 Å². The molecule has 0 atom stereocenters. The summed E-state index contributed by atoms with van der Waals surface area (Å²) in [5.41, 5.74) is 1.28. The van der Waals surface area contributed by atoms with Gasteiger partial charge in [-0.05, 0) is 69.5 Å². The number of anilines is 1. The zero-order valence-corrected chi connectivity index (χ0v) is 25.0. The van der Waals surface area contributed by atoms with Gasteiger partial charge in [0.25, 0.3) is 5.91 Å². The Morgan fingerprint density at radius 1 is 1.05 bits per heavy atom. The van der Waals surface area contributed by atoms with Crippen LogP contribution >= 0.6 is 11.9 Å². The maximum Gasteiger partial charge on any atom is 0.259 e. The van der Waals surface area contributed by atoms with Crippen LogP contribution in [0, 0.1) is 0 Å². The Bertz CT molecular complexity index is 803. The lowest BCUT2D eigenvalue weighted by Gasteiger charge is -2.32. The van der Waals surface area contributed by atoms with E-state index in [0.29, 0.717) is 17.9 Å². The highest BCUT2D eigenvalue weighted by molar-refractivity contribution is 7.97. The number of aliphatic hydroxyl groups is 1. The third-order valence-corrected chi connectivity index (χ3v) is 7.26. The van der Waals surface area contributed by atoms with Crippen molar-refractivity contribution in [2.75, 3.05) is 52.3 Å². The summed E-state index contributed by atoms with van der Waals surface area (Å²) in [6.07, 6.45) is 12.4. The fraction of sp³-hybridized carbons (Fsp3) is 0.567. The molecule has 1 amide bonds. The molecule has 0 aromatic heterocycles. The van der Waals surface area contributed by atoms with Crippen LogP contribution in [0.1, 0.15) is 66.2 Å². The average molecular weight is 535 g/mol. The van der Waals surface area contributed by atoms with E-state index < -0.39 is 0 Å². The number of benzene rings is 1. The molecule has 0 aliphatic heterocycles. The monoisotopic (exact) mass is 534 g/mol. The molecule has 1 aromatic rings. The Balaban J connectivity index is 0.00000631. The second-order valence-electron chi connectivity index (χ2n) is 9.04. The number of nitrogens with zero attached hydrogens (tertiary/aromatic N) is 1. The number of amides is 1. The normalized spacial score (nSPS) is 12.0. The van der Waals surface area contributed by atoms with Crippen LogP contribution in [0.2, 0.25) is 0 Å². The fourth-order valence-corrected chi connectivity index (χ4v) is 4.20. The van der Waals surface area contributed by atoms with Crippen molar-refractivity contribution < 1.29 is 19.1 Å². The van der Waals surface area contributed by atoms with Crippen molar-refractivity contribution in [3.05, 3.63) is 60.4 Å². The van der Waals surface area contributed by atoms with Crippen molar-refractivity contribution in [3.63, 3.8) is 0 Å². The first kappa shape index (κ1) is 34.9. The van der Waals surface area contributed by atoms with Crippen molar-refractivity contribution in [3.8, 4) is 0 Å². The molecule has 1 rings (SSSR count). The zero-order valence-electron chi connectivity index (χ0n) is 24.1. The summed E-state index contributed by atoms with van der Waals surface area (Å²) < 4.78 is 10.5. The molecule has 0 heterocycles. The van der Waals surface area contributed by atoms with Crippen LogP contribution in [0.25, 0.3) is 0 Å². The molecule has 1 aromatic carbocycles. The van der Waals surface area contributed by atoms with E-state index in [-0.39, 0.29) is 5.91 Å². The smallest absolute Gasteiger partial charge is 0.259 e. The van der Waals surface area contributed by atoms with Gasteiger partial charge in [0.05, 0.1) is 45.4 Å². The van der Waals surface area contributed by atoms with Gasteiger partial charge in [-0.2, -0.15) is 0 Å². The molecule has 3 N–H and O–H groups in total. The van der Waals surface area contributed by atoms with E-state index in [9.17, 15) is 4.79 Å². The highest BCUT2D eigenvalue weighted by Crippen LogP contribution is 2.20. The van der Waals surface area contributed by atoms with E-state index in [1.165, 1.54) is 25.7 Å². The van der Waals surface area contributed by atoms with Crippen molar-refractivity contribution >= 4 is 23.5 Å². The summed E-state index contributed by atoms with van der Waals surface area (Å²) in [4.78, 5) is 14.1. The van der Waals surface area contributed by atoms with Gasteiger partial charge in [0.1, 0.15) is 5.76 Å². The Morgan fingerprint density at radius 2 is 1.68 bits per heavy atom. The number of nitrogens with one attached hydrogen (secondary N) is 2. The molecule has 0 fully saturated rings. The summed E-state index contributed by atoms with van der Waals surface area (Å²) >= 11 is 1.62. The molecule has 37 heavy (non-hydrogen) atoms. The predicted molar refractivity (Wildman–Crippen MR) is 161 cm³/mol. The van der Waals surface area contributed by atoms with Crippen molar-refractivity contribution in [2.24, 2.45) is 0 Å². The first-order valence-corrected chi connectivity index (χ1v) is 14.5. The summed E-state index contributed by atoms with van der Waals surface area (Å²) in [6.45, 7) is 17.3. The predicted octanol–water partition coefficient (Wildman–Crippen LogP) is 6.71. The first-order chi connectivity index (χ1) is 17.9. The molecule has 7 heteroatoms. The van der Waals surface area contributed by atoms with E-state index in [4.69, 9.17) is 9.84 Å². The Labute approximate surface area is 231 Å². The number of allylic oxidation sites excluding steroid dienone is 3. The summed E-state index contributed by atoms with van der Waals surface area (Å²) in [6, 6.07) is 7.90. The van der Waals surface area contributed by atoms with Gasteiger partial charge in [-0.1, -0.05) is 57.8 Å². The Morgan fingerprint density at radius 3 is 2.24 bits per heavy atom. The van der Waals surface area contributed by atoms with E-state index in [0.717, 1.165) is 61.2 Å². The molecule has 0 aliphatic rings. The van der Waals surface area contributed by atoms with E-state index in [1.807, 2.05) is 31.2 Å². The van der Waals surface area contributed by atoms with Crippen molar-refractivity contribution in [2.45, 2.75) is 71.1 Å². The minimum absolute atomic E-state index is 0.182. The van der Waals surface area contributed by atoms with Crippen LogP contribution in [0.5, 0.6) is 0 Å². The van der Waals surface area contributed by atoms with Crippen LogP contribution in [0.4, 0.5) is 5.69 Å². The summed E-state index contributed by atoms with van der Waals surface area (Å²) in [5, 5.41) is 9.99. The summed E-state index contributed by atoms with van der Waals surface area (Å²) in [5.74, 6) is 0.382. The number of hydrogen-bond donors (Lipinski definition) is 3. The fourth-order valence-electron chi connectivity index (χ4n) is 3.57. The molecule has 0 saturated carbocycles. The average Bonchev–Trinajstić information content (AvgIpc) is 2.92. The molecule has 0 saturated heterocycles. The maximum absolute atomic E-state index is 13.0. The second kappa shape index (κ2) is 22.0. The highest BCUT2D eigenvalue weighted by atomic mass is 32.2. The molecule has 0 radical (unpaired) electrons. The van der Waals surface area contributed by atoms with Gasteiger partial charge in [0.15, 0.2) is 0 Å². The van der Waals surface area contributed by atoms with Crippen LogP contribution in [-0.4, -0.2) is 62.4 Å². The van der Waals surface area contributed by atoms with Gasteiger partial charge >= 0.3 is 0 Å². The molecule has 0 unspecified atom stereocenters. The number of quaternary nitrogens is 1. The number of rotatable bonds is 19. The zero-order chi connectivity index (χ0) is 27.9. The lowest BCUT2D eigenvalue weighted by molar-refractivity contribution is -0.904. The third kappa shape index (κ3) is 15.1. The number of aliphatic hydroxyl groups excluding tert-OH is 1. The minimum Gasteiger partial charge on any atom is -0.493 e. The standard InChI is InChI=1S/C29H47N3O2S.CH4O/c1-7-12-13-14-15-16-24-34-28(17-8-2)27(9-3)29(33)31-25-18-20-26(21-19-25)35-30-22-23-32(6,10-4)11-5;1-2/h8-9,17-21,30H,2,7,10-16,22-24H2,1,3-6H3;2H,1H3/p+1/b27-9+,28-17+;. The molecule has 6 nitrogen and oxygen atoms in total. The topological polar surface area (TPSA) is 70.6 Å². The molecule has 0 spiro atoms. The lowest BCUT2D eigenvalue weighted by atomic mass is 10.1. The maximum atomic E-state index is 13.0.